The lowest BCUT2D eigenvalue weighted by Crippen LogP contribution is -3.00. The molecule has 1 heterocycles. The number of nitrogens with zero attached hydrogens (tertiary/aromatic N) is 2. The quantitative estimate of drug-likeness (QED) is 0.0531. The van der Waals surface area contributed by atoms with Crippen molar-refractivity contribution in [3.63, 3.8) is 0 Å². The first-order valence-electron chi connectivity index (χ1n) is 20.8. The summed E-state index contributed by atoms with van der Waals surface area (Å²) in [4.78, 5) is 17.3. The third-order valence-corrected chi connectivity index (χ3v) is 10.4. The highest BCUT2D eigenvalue weighted by molar-refractivity contribution is 5.77. The Bertz CT molecular complexity index is 685. The van der Waals surface area contributed by atoms with Crippen molar-refractivity contribution in [3.05, 3.63) is 0 Å². The van der Waals surface area contributed by atoms with Crippen molar-refractivity contribution < 1.29 is 21.7 Å². The minimum atomic E-state index is 0. The minimum absolute atomic E-state index is 0. The van der Waals surface area contributed by atoms with Crippen LogP contribution >= 0.6 is 0 Å². The van der Waals surface area contributed by atoms with Gasteiger partial charge >= 0.3 is 0 Å². The Morgan fingerprint density at radius 2 is 0.913 bits per heavy atom. The number of likely N-dealkylation sites (N-methyl/N-ethyl adjacent to an activating group) is 1. The zero-order chi connectivity index (χ0) is 32.5. The van der Waals surface area contributed by atoms with E-state index in [-0.39, 0.29) is 18.3 Å². The molecule has 4 nitrogen and oxygen atoms in total. The summed E-state index contributed by atoms with van der Waals surface area (Å²) >= 11 is 0. The highest BCUT2D eigenvalue weighted by Crippen LogP contribution is 2.19. The van der Waals surface area contributed by atoms with E-state index >= 15 is 0 Å². The molecule has 1 rings (SSSR count). The van der Waals surface area contributed by atoms with E-state index in [1.165, 1.54) is 192 Å². The van der Waals surface area contributed by atoms with E-state index in [1.54, 1.807) is 0 Å². The summed E-state index contributed by atoms with van der Waals surface area (Å²) in [5.74, 6) is 1.62. The molecule has 0 fully saturated rings. The first-order valence-corrected chi connectivity index (χ1v) is 20.8. The Balaban J connectivity index is 0.0000202. The smallest absolute Gasteiger partial charge is 0.220 e. The van der Waals surface area contributed by atoms with Crippen LogP contribution in [0.1, 0.15) is 219 Å². The van der Waals surface area contributed by atoms with Crippen molar-refractivity contribution in [3.8, 4) is 0 Å². The average Bonchev–Trinajstić information content (AvgIpc) is 3.40. The molecule has 46 heavy (non-hydrogen) atoms. The van der Waals surface area contributed by atoms with Crippen molar-refractivity contribution in [2.75, 3.05) is 33.2 Å². The van der Waals surface area contributed by atoms with Crippen LogP contribution < -0.4 is 17.7 Å². The Hall–Kier alpha value is -0.610. The molecule has 0 spiro atoms. The van der Waals surface area contributed by atoms with Gasteiger partial charge in [-0.05, 0) is 12.8 Å². The zero-order valence-corrected chi connectivity index (χ0v) is 32.4. The normalized spacial score (nSPS) is 16.0. The minimum Gasteiger partial charge on any atom is -1.00 e. The highest BCUT2D eigenvalue weighted by atomic mass is 35.5. The Labute approximate surface area is 295 Å². The Morgan fingerprint density at radius 3 is 1.30 bits per heavy atom. The summed E-state index contributed by atoms with van der Waals surface area (Å²) in [5.41, 5.74) is 0. The van der Waals surface area contributed by atoms with Gasteiger partial charge < -0.3 is 17.7 Å². The second-order valence-corrected chi connectivity index (χ2v) is 14.9. The second-order valence-electron chi connectivity index (χ2n) is 14.9. The topological polar surface area (TPSA) is 41.5 Å². The van der Waals surface area contributed by atoms with Gasteiger partial charge in [0.1, 0.15) is 13.1 Å². The highest BCUT2D eigenvalue weighted by Gasteiger charge is 2.32. The number of hydrogen-bond acceptors (Lipinski definition) is 2. The number of amides is 1. The summed E-state index contributed by atoms with van der Waals surface area (Å²) in [6, 6.07) is 0. The number of halogens is 1. The van der Waals surface area contributed by atoms with Gasteiger partial charge in [0.25, 0.3) is 0 Å². The van der Waals surface area contributed by atoms with Crippen LogP contribution in [0.15, 0.2) is 4.99 Å². The summed E-state index contributed by atoms with van der Waals surface area (Å²) in [7, 11) is 2.33. The number of carbonyl (C=O) groups is 1. The van der Waals surface area contributed by atoms with Crippen molar-refractivity contribution in [2.45, 2.75) is 219 Å². The molecule has 5 heteroatoms. The van der Waals surface area contributed by atoms with E-state index in [9.17, 15) is 4.79 Å². The summed E-state index contributed by atoms with van der Waals surface area (Å²) in [6.07, 6.45) is 43.5. The lowest BCUT2D eigenvalue weighted by atomic mass is 10.0. The van der Waals surface area contributed by atoms with E-state index in [0.717, 1.165) is 43.5 Å². The van der Waals surface area contributed by atoms with Crippen molar-refractivity contribution in [1.82, 2.24) is 5.32 Å². The molecule has 0 aromatic rings. The molecule has 0 aliphatic carbocycles. The fourth-order valence-electron chi connectivity index (χ4n) is 7.13. The van der Waals surface area contributed by atoms with E-state index < -0.39 is 0 Å². The molecular weight excluding hydrogens is 586 g/mol. The first kappa shape index (κ1) is 45.4. The molecule has 1 unspecified atom stereocenters. The maximum Gasteiger partial charge on any atom is 0.220 e. The summed E-state index contributed by atoms with van der Waals surface area (Å²) in [6.45, 7) is 8.42. The molecule has 1 aliphatic rings. The molecule has 1 atom stereocenters. The maximum absolute atomic E-state index is 12.4. The van der Waals surface area contributed by atoms with Gasteiger partial charge in [0.05, 0.1) is 20.1 Å². The molecule has 0 bridgehead atoms. The molecule has 0 radical (unpaired) electrons. The molecule has 1 amide bonds. The summed E-state index contributed by atoms with van der Waals surface area (Å²) < 4.78 is 0.942. The summed E-state index contributed by atoms with van der Waals surface area (Å²) in [5, 5.41) is 3.22. The Morgan fingerprint density at radius 1 is 0.565 bits per heavy atom. The monoisotopic (exact) mass is 668 g/mol. The molecule has 0 aromatic carbocycles. The van der Waals surface area contributed by atoms with Gasteiger partial charge in [-0.15, -0.1) is 0 Å². The number of unbranched alkanes of at least 4 members (excludes halogenated alkanes) is 28. The molecule has 1 N–H and O–H groups in total. The lowest BCUT2D eigenvalue weighted by Gasteiger charge is -2.30. The van der Waals surface area contributed by atoms with E-state index in [1.807, 2.05) is 0 Å². The van der Waals surface area contributed by atoms with Crippen LogP contribution in [0.25, 0.3) is 0 Å². The third kappa shape index (κ3) is 27.4. The average molecular weight is 669 g/mol. The predicted octanol–water partition coefficient (Wildman–Crippen LogP) is 9.49. The molecule has 0 saturated heterocycles. The number of nitrogens with one attached hydrogen (secondary N) is 1. The van der Waals surface area contributed by atoms with Crippen LogP contribution in [0.2, 0.25) is 0 Å². The zero-order valence-electron chi connectivity index (χ0n) is 31.6. The van der Waals surface area contributed by atoms with Gasteiger partial charge in [0, 0.05) is 12.8 Å². The standard InChI is InChI=1S/C41H81N3O.ClH/c1-4-6-8-10-12-14-16-18-20-22-24-26-28-30-32-34-40-42-36-38-44(40,3)39-37-43-41(45)35-33-31-29-27-25-23-21-19-17-15-13-11-9-7-5-2;/h4-39H2,1-3H3;1H. The van der Waals surface area contributed by atoms with Crippen LogP contribution in [0, 0.1) is 0 Å². The largest absolute Gasteiger partial charge is 1.00 e. The number of quaternary nitrogens is 1. The van der Waals surface area contributed by atoms with Gasteiger partial charge in [0.2, 0.25) is 5.91 Å². The number of carbonyl (C=O) groups excluding carboxylic acids is 1. The van der Waals surface area contributed by atoms with Gasteiger partial charge in [0.15, 0.2) is 5.84 Å². The van der Waals surface area contributed by atoms with Gasteiger partial charge in [-0.1, -0.05) is 194 Å². The van der Waals surface area contributed by atoms with Crippen LogP contribution in [-0.4, -0.2) is 49.5 Å². The number of rotatable bonds is 35. The van der Waals surface area contributed by atoms with Crippen LogP contribution in [0.5, 0.6) is 0 Å². The van der Waals surface area contributed by atoms with Gasteiger partial charge in [-0.2, -0.15) is 0 Å². The van der Waals surface area contributed by atoms with Crippen LogP contribution in [0.4, 0.5) is 0 Å². The van der Waals surface area contributed by atoms with Crippen molar-refractivity contribution in [2.24, 2.45) is 4.99 Å². The van der Waals surface area contributed by atoms with Gasteiger partial charge in [-0.25, -0.2) is 4.99 Å². The van der Waals surface area contributed by atoms with E-state index in [4.69, 9.17) is 4.99 Å². The fraction of sp³-hybridized carbons (Fsp3) is 0.951. The molecule has 0 saturated carbocycles. The number of amidine groups is 1. The maximum atomic E-state index is 12.4. The SMILES string of the molecule is CCCCCCCCCCCCCCCCCC(=O)NCC[N+]1(C)CCN=C1CCCCCCCCCCCCCCCCC.[Cl-]. The third-order valence-electron chi connectivity index (χ3n) is 10.4. The second kappa shape index (κ2) is 34.3. The lowest BCUT2D eigenvalue weighted by molar-refractivity contribution is -0.814. The van der Waals surface area contributed by atoms with Gasteiger partial charge in [-0.3, -0.25) is 9.28 Å². The molecule has 274 valence electrons. The van der Waals surface area contributed by atoms with Crippen molar-refractivity contribution in [1.29, 1.82) is 0 Å². The number of hydrogen-bond donors (Lipinski definition) is 1. The molecule has 0 aromatic heterocycles. The number of aliphatic imine (C=N–C) groups is 1. The first-order chi connectivity index (χ1) is 22.1. The molecular formula is C41H82ClN3O. The van der Waals surface area contributed by atoms with Crippen molar-refractivity contribution >= 4 is 11.7 Å². The van der Waals surface area contributed by atoms with E-state index in [2.05, 4.69) is 26.2 Å². The van der Waals surface area contributed by atoms with Crippen LogP contribution in [0.3, 0.4) is 0 Å². The van der Waals surface area contributed by atoms with Crippen LogP contribution in [-0.2, 0) is 4.79 Å². The Kier molecular flexibility index (Phi) is 33.8. The predicted molar refractivity (Wildman–Crippen MR) is 200 cm³/mol. The molecule has 1 aliphatic heterocycles. The van der Waals surface area contributed by atoms with E-state index in [0.29, 0.717) is 6.42 Å². The fourth-order valence-corrected chi connectivity index (χ4v) is 7.13.